The van der Waals surface area contributed by atoms with Crippen molar-refractivity contribution < 1.29 is 4.74 Å². The Morgan fingerprint density at radius 1 is 0.905 bits per heavy atom. The summed E-state index contributed by atoms with van der Waals surface area (Å²) in [5.41, 5.74) is 4.25. The number of benzene rings is 2. The maximum atomic E-state index is 5.21. The summed E-state index contributed by atoms with van der Waals surface area (Å²) in [6.07, 6.45) is 1.86. The third kappa shape index (κ3) is 1.86. The third-order valence-electron chi connectivity index (χ3n) is 3.79. The molecule has 3 heteroatoms. The number of aromatic amines is 1. The Balaban J connectivity index is 1.99. The first kappa shape index (κ1) is 12.0. The lowest BCUT2D eigenvalue weighted by Gasteiger charge is -2.04. The number of hydrogen-bond donors (Lipinski definition) is 1. The van der Waals surface area contributed by atoms with Crippen LogP contribution in [0.25, 0.3) is 33.1 Å². The molecule has 0 bridgehead atoms. The van der Waals surface area contributed by atoms with Gasteiger partial charge in [-0.1, -0.05) is 18.2 Å². The highest BCUT2D eigenvalue weighted by Crippen LogP contribution is 2.31. The number of methoxy groups -OCH3 is 1. The molecule has 0 saturated carbocycles. The van der Waals surface area contributed by atoms with Gasteiger partial charge < -0.3 is 9.72 Å². The van der Waals surface area contributed by atoms with Gasteiger partial charge in [0, 0.05) is 28.0 Å². The lowest BCUT2D eigenvalue weighted by molar-refractivity contribution is 0.415. The molecule has 21 heavy (non-hydrogen) atoms. The minimum Gasteiger partial charge on any atom is -0.497 e. The lowest BCUT2D eigenvalue weighted by atomic mass is 10.1. The van der Waals surface area contributed by atoms with E-state index in [0.717, 1.165) is 28.0 Å². The minimum atomic E-state index is 0.850. The van der Waals surface area contributed by atoms with Crippen molar-refractivity contribution in [2.24, 2.45) is 0 Å². The van der Waals surface area contributed by atoms with Crippen LogP contribution in [0.1, 0.15) is 0 Å². The van der Waals surface area contributed by atoms with Gasteiger partial charge in [-0.25, -0.2) is 0 Å². The molecule has 0 unspecified atom stereocenters. The summed E-state index contributed by atoms with van der Waals surface area (Å²) in [5.74, 6) is 0.850. The molecule has 0 aliphatic rings. The second-order valence-electron chi connectivity index (χ2n) is 4.98. The number of hydrogen-bond acceptors (Lipinski definition) is 2. The van der Waals surface area contributed by atoms with Crippen molar-refractivity contribution in [1.82, 2.24) is 9.97 Å². The normalized spacial score (nSPS) is 11.1. The van der Waals surface area contributed by atoms with Crippen LogP contribution in [0.4, 0.5) is 0 Å². The predicted octanol–water partition coefficient (Wildman–Crippen LogP) is 4.39. The maximum Gasteiger partial charge on any atom is 0.118 e. The Kier molecular flexibility index (Phi) is 2.64. The van der Waals surface area contributed by atoms with Crippen LogP contribution in [-0.2, 0) is 0 Å². The fraction of sp³-hybridized carbons (Fsp3) is 0.0556. The van der Waals surface area contributed by atoms with Crippen molar-refractivity contribution in [2.75, 3.05) is 7.11 Å². The highest BCUT2D eigenvalue weighted by atomic mass is 16.5. The molecule has 0 radical (unpaired) electrons. The molecule has 4 rings (SSSR count). The van der Waals surface area contributed by atoms with Crippen molar-refractivity contribution >= 4 is 21.8 Å². The number of rotatable bonds is 2. The SMILES string of the molecule is COc1ccc(-c2nccc3c2[nH]c2ccccc23)cc1. The Hall–Kier alpha value is -2.81. The first-order valence-corrected chi connectivity index (χ1v) is 6.86. The molecule has 2 aromatic heterocycles. The van der Waals surface area contributed by atoms with E-state index in [1.807, 2.05) is 36.5 Å². The van der Waals surface area contributed by atoms with Crippen LogP contribution < -0.4 is 4.74 Å². The van der Waals surface area contributed by atoms with E-state index in [-0.39, 0.29) is 0 Å². The zero-order valence-electron chi connectivity index (χ0n) is 11.6. The quantitative estimate of drug-likeness (QED) is 0.588. The van der Waals surface area contributed by atoms with Crippen LogP contribution in [0.5, 0.6) is 5.75 Å². The first-order chi connectivity index (χ1) is 10.4. The van der Waals surface area contributed by atoms with Gasteiger partial charge in [-0.3, -0.25) is 4.98 Å². The standard InChI is InChI=1S/C18H14N2O/c1-21-13-8-6-12(7-9-13)17-18-15(10-11-19-17)14-4-2-3-5-16(14)20-18/h2-11,20H,1H3. The summed E-state index contributed by atoms with van der Waals surface area (Å²) in [7, 11) is 1.67. The fourth-order valence-corrected chi connectivity index (χ4v) is 2.74. The summed E-state index contributed by atoms with van der Waals surface area (Å²) in [4.78, 5) is 8.04. The van der Waals surface area contributed by atoms with E-state index >= 15 is 0 Å². The second-order valence-corrected chi connectivity index (χ2v) is 4.98. The van der Waals surface area contributed by atoms with Crippen LogP contribution in [0.15, 0.2) is 60.8 Å². The van der Waals surface area contributed by atoms with Crippen LogP contribution in [0.2, 0.25) is 0 Å². The van der Waals surface area contributed by atoms with Gasteiger partial charge >= 0.3 is 0 Å². The van der Waals surface area contributed by atoms with Crippen LogP contribution in [0.3, 0.4) is 0 Å². The number of H-pyrrole nitrogens is 1. The minimum absolute atomic E-state index is 0.850. The summed E-state index contributed by atoms with van der Waals surface area (Å²) in [6, 6.07) is 18.4. The van der Waals surface area contributed by atoms with Gasteiger partial charge in [0.05, 0.1) is 18.3 Å². The van der Waals surface area contributed by atoms with Crippen molar-refractivity contribution in [3.8, 4) is 17.0 Å². The van der Waals surface area contributed by atoms with Crippen LogP contribution >= 0.6 is 0 Å². The number of ether oxygens (including phenoxy) is 1. The van der Waals surface area contributed by atoms with Crippen molar-refractivity contribution in [3.63, 3.8) is 0 Å². The fourth-order valence-electron chi connectivity index (χ4n) is 2.74. The van der Waals surface area contributed by atoms with Crippen molar-refractivity contribution in [1.29, 1.82) is 0 Å². The number of pyridine rings is 1. The molecule has 0 amide bonds. The molecule has 2 aromatic carbocycles. The van der Waals surface area contributed by atoms with Crippen molar-refractivity contribution in [2.45, 2.75) is 0 Å². The summed E-state index contributed by atoms with van der Waals surface area (Å²) >= 11 is 0. The molecular weight excluding hydrogens is 260 g/mol. The predicted molar refractivity (Wildman–Crippen MR) is 85.6 cm³/mol. The number of fused-ring (bicyclic) bond motifs is 3. The molecule has 102 valence electrons. The van der Waals surface area contributed by atoms with E-state index in [4.69, 9.17) is 4.74 Å². The molecule has 2 heterocycles. The van der Waals surface area contributed by atoms with Gasteiger partial charge in [-0.15, -0.1) is 0 Å². The molecule has 0 spiro atoms. The maximum absolute atomic E-state index is 5.21. The van der Waals surface area contributed by atoms with Crippen LogP contribution in [-0.4, -0.2) is 17.1 Å². The smallest absolute Gasteiger partial charge is 0.118 e. The van der Waals surface area contributed by atoms with E-state index in [2.05, 4.69) is 34.2 Å². The van der Waals surface area contributed by atoms with Gasteiger partial charge in [0.2, 0.25) is 0 Å². The highest BCUT2D eigenvalue weighted by molar-refractivity contribution is 6.10. The molecule has 1 N–H and O–H groups in total. The number of para-hydroxylation sites is 1. The van der Waals surface area contributed by atoms with E-state index in [9.17, 15) is 0 Å². The summed E-state index contributed by atoms with van der Waals surface area (Å²) < 4.78 is 5.21. The van der Waals surface area contributed by atoms with Gasteiger partial charge in [0.15, 0.2) is 0 Å². The number of nitrogens with one attached hydrogen (secondary N) is 1. The Morgan fingerprint density at radius 3 is 2.52 bits per heavy atom. The molecule has 0 atom stereocenters. The van der Waals surface area contributed by atoms with Gasteiger partial charge in [-0.2, -0.15) is 0 Å². The van der Waals surface area contributed by atoms with E-state index in [0.29, 0.717) is 0 Å². The first-order valence-electron chi connectivity index (χ1n) is 6.86. The second kappa shape index (κ2) is 4.63. The Morgan fingerprint density at radius 2 is 1.71 bits per heavy atom. The van der Waals surface area contributed by atoms with Gasteiger partial charge in [0.1, 0.15) is 5.75 Å². The zero-order chi connectivity index (χ0) is 14.2. The van der Waals surface area contributed by atoms with Gasteiger partial charge in [-0.05, 0) is 36.4 Å². The van der Waals surface area contributed by atoms with E-state index in [1.165, 1.54) is 10.8 Å². The summed E-state index contributed by atoms with van der Waals surface area (Å²) in [5, 5.41) is 2.43. The molecule has 0 aliphatic heterocycles. The van der Waals surface area contributed by atoms with Crippen molar-refractivity contribution in [3.05, 3.63) is 60.8 Å². The average Bonchev–Trinajstić information content (AvgIpc) is 2.94. The molecule has 4 aromatic rings. The molecule has 3 nitrogen and oxygen atoms in total. The largest absolute Gasteiger partial charge is 0.497 e. The summed E-state index contributed by atoms with van der Waals surface area (Å²) in [6.45, 7) is 0. The topological polar surface area (TPSA) is 37.9 Å². The monoisotopic (exact) mass is 274 g/mol. The molecule has 0 saturated heterocycles. The van der Waals surface area contributed by atoms with E-state index in [1.54, 1.807) is 7.11 Å². The molecule has 0 fully saturated rings. The van der Waals surface area contributed by atoms with Crippen LogP contribution in [0, 0.1) is 0 Å². The zero-order valence-corrected chi connectivity index (χ0v) is 11.6. The Labute approximate surface area is 122 Å². The molecule has 0 aliphatic carbocycles. The number of nitrogens with zero attached hydrogens (tertiary/aromatic N) is 1. The third-order valence-corrected chi connectivity index (χ3v) is 3.79. The van der Waals surface area contributed by atoms with E-state index < -0.39 is 0 Å². The number of aromatic nitrogens is 2. The Bertz CT molecular complexity index is 923. The lowest BCUT2D eigenvalue weighted by Crippen LogP contribution is -1.86. The highest BCUT2D eigenvalue weighted by Gasteiger charge is 2.10. The average molecular weight is 274 g/mol. The van der Waals surface area contributed by atoms with Gasteiger partial charge in [0.25, 0.3) is 0 Å². The molecular formula is C18H14N2O.